The SMILES string of the molecule is C[C@@H]1C(=O)NCCN1C(=O)N[C@H](c1cccc(Cl)c1F)C1CC(C(F)(F)F)C1. The van der Waals surface area contributed by atoms with E-state index in [9.17, 15) is 27.2 Å². The smallest absolute Gasteiger partial charge is 0.353 e. The molecule has 1 aromatic carbocycles. The van der Waals surface area contributed by atoms with Crippen LogP contribution in [0.5, 0.6) is 0 Å². The van der Waals surface area contributed by atoms with Crippen molar-refractivity contribution in [3.8, 4) is 0 Å². The maximum atomic E-state index is 14.6. The molecule has 0 unspecified atom stereocenters. The lowest BCUT2D eigenvalue weighted by Gasteiger charge is -2.43. The fourth-order valence-corrected chi connectivity index (χ4v) is 3.87. The Hall–Kier alpha value is -2.03. The van der Waals surface area contributed by atoms with Crippen molar-refractivity contribution in [3.63, 3.8) is 0 Å². The molecule has 2 fully saturated rings. The molecule has 2 N–H and O–H groups in total. The summed E-state index contributed by atoms with van der Waals surface area (Å²) in [5.74, 6) is -3.15. The molecule has 1 heterocycles. The molecule has 0 aromatic heterocycles. The van der Waals surface area contributed by atoms with Gasteiger partial charge >= 0.3 is 12.2 Å². The molecule has 1 aliphatic heterocycles. The Morgan fingerprint density at radius 1 is 1.36 bits per heavy atom. The van der Waals surface area contributed by atoms with Gasteiger partial charge in [0.1, 0.15) is 11.9 Å². The first-order chi connectivity index (χ1) is 13.1. The molecule has 154 valence electrons. The molecule has 2 atom stereocenters. The first kappa shape index (κ1) is 20.7. The second kappa shape index (κ2) is 7.77. The Balaban J connectivity index is 1.82. The van der Waals surface area contributed by atoms with Gasteiger partial charge in [0.25, 0.3) is 0 Å². The number of benzene rings is 1. The molecule has 3 rings (SSSR count). The number of carbonyl (C=O) groups excluding carboxylic acids is 2. The predicted molar refractivity (Wildman–Crippen MR) is 94.1 cm³/mol. The van der Waals surface area contributed by atoms with Gasteiger partial charge in [-0.2, -0.15) is 13.2 Å². The van der Waals surface area contributed by atoms with E-state index in [1.165, 1.54) is 23.1 Å². The molecule has 10 heteroatoms. The van der Waals surface area contributed by atoms with Crippen LogP contribution in [0.15, 0.2) is 18.2 Å². The number of hydrogen-bond acceptors (Lipinski definition) is 2. The Bertz CT molecular complexity index is 768. The average molecular weight is 422 g/mol. The molecule has 1 aromatic rings. The molecule has 1 aliphatic carbocycles. The monoisotopic (exact) mass is 421 g/mol. The van der Waals surface area contributed by atoms with Gasteiger partial charge in [0.05, 0.1) is 17.0 Å². The van der Waals surface area contributed by atoms with Gasteiger partial charge < -0.3 is 15.5 Å². The van der Waals surface area contributed by atoms with Crippen LogP contribution in [0.3, 0.4) is 0 Å². The standard InChI is InChI=1S/C18H20ClF4N3O2/c1-9-16(27)24-5-6-26(9)17(28)25-15(10-7-11(8-10)18(21,22)23)12-3-2-4-13(19)14(12)20/h2-4,9-11,15H,5-8H2,1H3,(H,24,27)(H,25,28)/t9-,10?,11?,15+/m1/s1. The van der Waals surface area contributed by atoms with Crippen molar-refractivity contribution in [1.82, 2.24) is 15.5 Å². The summed E-state index contributed by atoms with van der Waals surface area (Å²) >= 11 is 5.82. The summed E-state index contributed by atoms with van der Waals surface area (Å²) in [5, 5.41) is 5.09. The molecule has 28 heavy (non-hydrogen) atoms. The maximum Gasteiger partial charge on any atom is 0.391 e. The Morgan fingerprint density at radius 2 is 2.04 bits per heavy atom. The van der Waals surface area contributed by atoms with Gasteiger partial charge in [-0.05, 0) is 31.7 Å². The minimum Gasteiger partial charge on any atom is -0.353 e. The highest BCUT2D eigenvalue weighted by atomic mass is 35.5. The number of halogens is 5. The molecule has 0 bridgehead atoms. The van der Waals surface area contributed by atoms with E-state index in [1.807, 2.05) is 0 Å². The summed E-state index contributed by atoms with van der Waals surface area (Å²) in [7, 11) is 0. The molecule has 0 spiro atoms. The number of piperazine rings is 1. The zero-order valence-corrected chi connectivity index (χ0v) is 15.8. The highest BCUT2D eigenvalue weighted by Gasteiger charge is 2.51. The summed E-state index contributed by atoms with van der Waals surface area (Å²) in [6.07, 6.45) is -4.75. The van der Waals surface area contributed by atoms with Crippen LogP contribution in [0, 0.1) is 17.7 Å². The number of nitrogens with one attached hydrogen (secondary N) is 2. The predicted octanol–water partition coefficient (Wildman–Crippen LogP) is 3.64. The molecule has 1 saturated carbocycles. The van der Waals surface area contributed by atoms with Crippen molar-refractivity contribution in [2.45, 2.75) is 38.0 Å². The molecule has 2 aliphatic rings. The molecule has 3 amide bonds. The first-order valence-electron chi connectivity index (χ1n) is 8.95. The van der Waals surface area contributed by atoms with Crippen LogP contribution in [-0.2, 0) is 4.79 Å². The number of nitrogens with zero attached hydrogens (tertiary/aromatic N) is 1. The van der Waals surface area contributed by atoms with Gasteiger partial charge in [-0.15, -0.1) is 0 Å². The van der Waals surface area contributed by atoms with Crippen LogP contribution in [0.1, 0.15) is 31.4 Å². The fraction of sp³-hybridized carbons (Fsp3) is 0.556. The number of carbonyl (C=O) groups is 2. The van der Waals surface area contributed by atoms with Crippen LogP contribution in [0.2, 0.25) is 5.02 Å². The normalized spacial score (nSPS) is 26.3. The number of rotatable bonds is 3. The van der Waals surface area contributed by atoms with E-state index in [2.05, 4.69) is 10.6 Å². The minimum absolute atomic E-state index is 0.0422. The van der Waals surface area contributed by atoms with Crippen molar-refractivity contribution >= 4 is 23.5 Å². The highest BCUT2D eigenvalue weighted by Crippen LogP contribution is 2.50. The quantitative estimate of drug-likeness (QED) is 0.732. The molecule has 5 nitrogen and oxygen atoms in total. The van der Waals surface area contributed by atoms with E-state index in [0.717, 1.165) is 0 Å². The third-order valence-electron chi connectivity index (χ3n) is 5.46. The second-order valence-electron chi connectivity index (χ2n) is 7.20. The summed E-state index contributed by atoms with van der Waals surface area (Å²) in [6, 6.07) is 1.89. The Labute approximate surface area is 164 Å². The largest absolute Gasteiger partial charge is 0.391 e. The van der Waals surface area contributed by atoms with E-state index >= 15 is 0 Å². The highest BCUT2D eigenvalue weighted by molar-refractivity contribution is 6.30. The van der Waals surface area contributed by atoms with Crippen LogP contribution in [-0.4, -0.2) is 42.1 Å². The molecular weight excluding hydrogens is 402 g/mol. The van der Waals surface area contributed by atoms with Gasteiger partial charge in [0.2, 0.25) is 5.91 Å². The van der Waals surface area contributed by atoms with Crippen LogP contribution in [0.4, 0.5) is 22.4 Å². The third kappa shape index (κ3) is 4.04. The lowest BCUT2D eigenvalue weighted by atomic mass is 9.69. The number of amides is 3. The van der Waals surface area contributed by atoms with Gasteiger partial charge in [0, 0.05) is 18.7 Å². The van der Waals surface area contributed by atoms with Crippen molar-refractivity contribution in [2.75, 3.05) is 13.1 Å². The molecule has 0 radical (unpaired) electrons. The van der Waals surface area contributed by atoms with Gasteiger partial charge in [0.15, 0.2) is 0 Å². The summed E-state index contributed by atoms with van der Waals surface area (Å²) in [6.45, 7) is 2.07. The third-order valence-corrected chi connectivity index (χ3v) is 5.76. The second-order valence-corrected chi connectivity index (χ2v) is 7.61. The Morgan fingerprint density at radius 3 is 2.68 bits per heavy atom. The van der Waals surface area contributed by atoms with E-state index in [1.54, 1.807) is 6.92 Å². The van der Waals surface area contributed by atoms with Gasteiger partial charge in [-0.3, -0.25) is 4.79 Å². The minimum atomic E-state index is -4.32. The van der Waals surface area contributed by atoms with Crippen LogP contribution < -0.4 is 10.6 Å². The Kier molecular flexibility index (Phi) is 5.74. The first-order valence-corrected chi connectivity index (χ1v) is 9.33. The van der Waals surface area contributed by atoms with Crippen molar-refractivity contribution < 1.29 is 27.2 Å². The van der Waals surface area contributed by atoms with E-state index in [0.29, 0.717) is 0 Å². The van der Waals surface area contributed by atoms with E-state index in [4.69, 9.17) is 11.6 Å². The van der Waals surface area contributed by atoms with E-state index < -0.39 is 41.9 Å². The fourth-order valence-electron chi connectivity index (χ4n) is 3.69. The summed E-state index contributed by atoms with van der Waals surface area (Å²) in [5.41, 5.74) is 0.0422. The van der Waals surface area contributed by atoms with E-state index in [-0.39, 0.29) is 42.4 Å². The maximum absolute atomic E-state index is 14.6. The van der Waals surface area contributed by atoms with Crippen molar-refractivity contribution in [2.24, 2.45) is 11.8 Å². The summed E-state index contributed by atoms with van der Waals surface area (Å²) < 4.78 is 53.2. The van der Waals surface area contributed by atoms with Crippen LogP contribution >= 0.6 is 11.6 Å². The van der Waals surface area contributed by atoms with Gasteiger partial charge in [-0.25, -0.2) is 9.18 Å². The van der Waals surface area contributed by atoms with Crippen molar-refractivity contribution in [1.29, 1.82) is 0 Å². The topological polar surface area (TPSA) is 61.4 Å². The zero-order chi connectivity index (χ0) is 20.6. The molecular formula is C18H20ClF4N3O2. The average Bonchev–Trinajstić information content (AvgIpc) is 2.56. The van der Waals surface area contributed by atoms with Crippen molar-refractivity contribution in [3.05, 3.63) is 34.6 Å². The number of hydrogen-bond donors (Lipinski definition) is 2. The lowest BCUT2D eigenvalue weighted by Crippen LogP contribution is -2.59. The number of urea groups is 1. The summed E-state index contributed by atoms with van der Waals surface area (Å²) in [4.78, 5) is 25.8. The zero-order valence-electron chi connectivity index (χ0n) is 15.0. The molecule has 1 saturated heterocycles. The number of alkyl halides is 3. The van der Waals surface area contributed by atoms with Gasteiger partial charge in [-0.1, -0.05) is 23.7 Å². The van der Waals surface area contributed by atoms with Crippen LogP contribution in [0.25, 0.3) is 0 Å². The lowest BCUT2D eigenvalue weighted by molar-refractivity contribution is -0.206.